The molecule has 2 bridgehead atoms. The zero-order chi connectivity index (χ0) is 16.0. The summed E-state index contributed by atoms with van der Waals surface area (Å²) in [5.41, 5.74) is 1.92. The van der Waals surface area contributed by atoms with E-state index in [-0.39, 0.29) is 24.2 Å². The van der Waals surface area contributed by atoms with E-state index in [1.165, 1.54) is 0 Å². The molecule has 7 nitrogen and oxygen atoms in total. The Morgan fingerprint density at radius 2 is 2.05 bits per heavy atom. The minimum Gasteiger partial charge on any atom is -0.481 e. The van der Waals surface area contributed by atoms with Crippen LogP contribution in [-0.4, -0.2) is 39.0 Å². The Morgan fingerprint density at radius 3 is 2.59 bits per heavy atom. The van der Waals surface area contributed by atoms with Gasteiger partial charge in [0, 0.05) is 18.3 Å². The van der Waals surface area contributed by atoms with Crippen LogP contribution in [0.5, 0.6) is 0 Å². The van der Waals surface area contributed by atoms with Gasteiger partial charge in [-0.1, -0.05) is 0 Å². The van der Waals surface area contributed by atoms with E-state index in [1.807, 2.05) is 20.9 Å². The van der Waals surface area contributed by atoms with Crippen LogP contribution in [0.4, 0.5) is 0 Å². The summed E-state index contributed by atoms with van der Waals surface area (Å²) in [6, 6.07) is -0.213. The Bertz CT molecular complexity index is 612. The highest BCUT2D eigenvalue weighted by molar-refractivity contribution is 5.86. The number of rotatable bonds is 4. The van der Waals surface area contributed by atoms with E-state index >= 15 is 0 Å². The Morgan fingerprint density at radius 1 is 1.41 bits per heavy atom. The number of hydrogen-bond acceptors (Lipinski definition) is 4. The number of carbonyl (C=O) groups excluding carboxylic acids is 1. The van der Waals surface area contributed by atoms with E-state index in [2.05, 4.69) is 10.4 Å². The van der Waals surface area contributed by atoms with Crippen LogP contribution in [0.1, 0.15) is 37.1 Å². The molecular formula is C15H21N3O4. The van der Waals surface area contributed by atoms with Crippen LogP contribution in [0.15, 0.2) is 6.20 Å². The number of amides is 1. The lowest BCUT2D eigenvalue weighted by Crippen LogP contribution is -2.44. The van der Waals surface area contributed by atoms with Gasteiger partial charge in [-0.3, -0.25) is 14.3 Å². The molecule has 0 aromatic carbocycles. The van der Waals surface area contributed by atoms with Crippen LogP contribution in [0.2, 0.25) is 0 Å². The highest BCUT2D eigenvalue weighted by Crippen LogP contribution is 2.43. The van der Waals surface area contributed by atoms with Gasteiger partial charge in [-0.25, -0.2) is 0 Å². The summed E-state index contributed by atoms with van der Waals surface area (Å²) in [5.74, 6) is -2.52. The average Bonchev–Trinajstić information content (AvgIpc) is 3.14. The van der Waals surface area contributed by atoms with Crippen molar-refractivity contribution in [3.63, 3.8) is 0 Å². The maximum absolute atomic E-state index is 12.6. The van der Waals surface area contributed by atoms with Crippen molar-refractivity contribution in [1.82, 2.24) is 15.1 Å². The number of carboxylic acids is 1. The fourth-order valence-corrected chi connectivity index (χ4v) is 3.65. The predicted octanol–water partition coefficient (Wildman–Crippen LogP) is 0.784. The van der Waals surface area contributed by atoms with E-state index in [9.17, 15) is 14.7 Å². The van der Waals surface area contributed by atoms with E-state index in [1.54, 1.807) is 10.9 Å². The highest BCUT2D eigenvalue weighted by atomic mass is 16.5. The topological polar surface area (TPSA) is 93.4 Å². The zero-order valence-corrected chi connectivity index (χ0v) is 12.9. The van der Waals surface area contributed by atoms with Crippen molar-refractivity contribution in [1.29, 1.82) is 0 Å². The van der Waals surface area contributed by atoms with Crippen molar-refractivity contribution in [3.8, 4) is 0 Å². The molecule has 5 unspecified atom stereocenters. The molecule has 2 N–H and O–H groups in total. The van der Waals surface area contributed by atoms with E-state index in [0.29, 0.717) is 0 Å². The van der Waals surface area contributed by atoms with Gasteiger partial charge in [0.15, 0.2) is 0 Å². The van der Waals surface area contributed by atoms with E-state index in [0.717, 1.165) is 24.1 Å². The Hall–Kier alpha value is -1.89. The monoisotopic (exact) mass is 307 g/mol. The second kappa shape index (κ2) is 5.39. The van der Waals surface area contributed by atoms with Crippen LogP contribution in [0.3, 0.4) is 0 Å². The Kier molecular flexibility index (Phi) is 3.68. The number of aliphatic carboxylic acids is 1. The third kappa shape index (κ3) is 2.29. The van der Waals surface area contributed by atoms with Gasteiger partial charge in [0.25, 0.3) is 0 Å². The summed E-state index contributed by atoms with van der Waals surface area (Å²) in [7, 11) is 1.84. The van der Waals surface area contributed by atoms with Crippen LogP contribution in [0.25, 0.3) is 0 Å². The first-order valence-corrected chi connectivity index (χ1v) is 7.57. The number of aromatic nitrogens is 2. The van der Waals surface area contributed by atoms with Gasteiger partial charge in [0.1, 0.15) is 0 Å². The van der Waals surface area contributed by atoms with Crippen molar-refractivity contribution < 1.29 is 19.4 Å². The number of nitrogens with zero attached hydrogens (tertiary/aromatic N) is 2. The minimum absolute atomic E-state index is 0.213. The number of ether oxygens (including phenoxy) is 1. The normalized spacial score (nSPS) is 31.2. The molecule has 1 aromatic rings. The third-order valence-electron chi connectivity index (χ3n) is 4.96. The molecule has 22 heavy (non-hydrogen) atoms. The quantitative estimate of drug-likeness (QED) is 0.857. The van der Waals surface area contributed by atoms with Gasteiger partial charge >= 0.3 is 5.97 Å². The van der Waals surface area contributed by atoms with Crippen molar-refractivity contribution in [2.24, 2.45) is 18.9 Å². The van der Waals surface area contributed by atoms with Gasteiger partial charge in [0.05, 0.1) is 36.3 Å². The third-order valence-corrected chi connectivity index (χ3v) is 4.96. The summed E-state index contributed by atoms with van der Waals surface area (Å²) in [4.78, 5) is 24.0. The van der Waals surface area contributed by atoms with Crippen molar-refractivity contribution in [2.45, 2.75) is 44.9 Å². The molecule has 0 radical (unpaired) electrons. The van der Waals surface area contributed by atoms with Crippen LogP contribution >= 0.6 is 0 Å². The molecule has 0 aliphatic carbocycles. The number of carbonyl (C=O) groups is 2. The molecule has 3 rings (SSSR count). The molecule has 1 aromatic heterocycles. The molecule has 5 atom stereocenters. The molecule has 2 fully saturated rings. The molecule has 0 spiro atoms. The van der Waals surface area contributed by atoms with Gasteiger partial charge in [-0.15, -0.1) is 0 Å². The molecular weight excluding hydrogens is 286 g/mol. The predicted molar refractivity (Wildman–Crippen MR) is 77.0 cm³/mol. The molecule has 120 valence electrons. The molecule has 2 aliphatic rings. The Labute approximate surface area is 128 Å². The summed E-state index contributed by atoms with van der Waals surface area (Å²) < 4.78 is 7.39. The standard InChI is InChI=1S/C15H21N3O4/c1-7(9-6-16-18(3)8(9)2)17-14(19)12-10-4-5-11(22-10)13(12)15(20)21/h6-7,10-13H,4-5H2,1-3H3,(H,17,19)(H,20,21). The second-order valence-corrected chi connectivity index (χ2v) is 6.22. The molecule has 2 saturated heterocycles. The lowest BCUT2D eigenvalue weighted by atomic mass is 9.78. The van der Waals surface area contributed by atoms with Gasteiger partial charge in [0.2, 0.25) is 5.91 Å². The maximum Gasteiger partial charge on any atom is 0.310 e. The van der Waals surface area contributed by atoms with Crippen LogP contribution in [-0.2, 0) is 21.4 Å². The second-order valence-electron chi connectivity index (χ2n) is 6.22. The maximum atomic E-state index is 12.6. The largest absolute Gasteiger partial charge is 0.481 e. The fourth-order valence-electron chi connectivity index (χ4n) is 3.65. The van der Waals surface area contributed by atoms with Gasteiger partial charge in [-0.2, -0.15) is 5.10 Å². The molecule has 7 heteroatoms. The number of fused-ring (bicyclic) bond motifs is 2. The van der Waals surface area contributed by atoms with E-state index in [4.69, 9.17) is 4.74 Å². The fraction of sp³-hybridized carbons (Fsp3) is 0.667. The summed E-state index contributed by atoms with van der Waals surface area (Å²) in [5, 5.41) is 16.5. The first-order chi connectivity index (χ1) is 10.4. The average molecular weight is 307 g/mol. The lowest BCUT2D eigenvalue weighted by Gasteiger charge is -2.25. The van der Waals surface area contributed by atoms with Crippen molar-refractivity contribution in [3.05, 3.63) is 17.5 Å². The van der Waals surface area contributed by atoms with Gasteiger partial charge in [-0.05, 0) is 26.7 Å². The molecule has 3 heterocycles. The van der Waals surface area contributed by atoms with Crippen molar-refractivity contribution >= 4 is 11.9 Å². The first-order valence-electron chi connectivity index (χ1n) is 7.57. The van der Waals surface area contributed by atoms with Crippen molar-refractivity contribution in [2.75, 3.05) is 0 Å². The number of aryl methyl sites for hydroxylation is 1. The van der Waals surface area contributed by atoms with Gasteiger partial charge < -0.3 is 15.2 Å². The number of nitrogens with one attached hydrogen (secondary N) is 1. The van der Waals surface area contributed by atoms with E-state index < -0.39 is 17.8 Å². The highest BCUT2D eigenvalue weighted by Gasteiger charge is 2.55. The first kappa shape index (κ1) is 15.0. The Balaban J connectivity index is 1.74. The van der Waals surface area contributed by atoms with Crippen LogP contribution < -0.4 is 5.32 Å². The zero-order valence-electron chi connectivity index (χ0n) is 12.9. The smallest absolute Gasteiger partial charge is 0.310 e. The molecule has 2 aliphatic heterocycles. The summed E-state index contributed by atoms with van der Waals surface area (Å²) >= 11 is 0. The summed E-state index contributed by atoms with van der Waals surface area (Å²) in [6.45, 7) is 3.82. The molecule has 1 amide bonds. The number of hydrogen-bond donors (Lipinski definition) is 2. The van der Waals surface area contributed by atoms with Crippen LogP contribution in [0, 0.1) is 18.8 Å². The minimum atomic E-state index is -0.947. The molecule has 0 saturated carbocycles. The number of carboxylic acid groups (broad SMARTS) is 1. The summed E-state index contributed by atoms with van der Waals surface area (Å²) in [6.07, 6.45) is 2.61. The lowest BCUT2D eigenvalue weighted by molar-refractivity contribution is -0.148. The SMILES string of the molecule is Cc1c(C(C)NC(=O)C2C3CCC(O3)C2C(=O)O)cnn1C.